The van der Waals surface area contributed by atoms with Crippen molar-refractivity contribution in [2.24, 2.45) is 16.2 Å². The Hall–Kier alpha value is -7.28. The number of aliphatic hydroxyl groups is 1. The Labute approximate surface area is 569 Å². The molecule has 0 aromatic heterocycles. The van der Waals surface area contributed by atoms with Gasteiger partial charge in [0, 0.05) is 6.92 Å². The van der Waals surface area contributed by atoms with Crippen LogP contribution in [0, 0.1) is 16.2 Å². The fraction of sp³-hybridized carbons (Fsp3) is 0.481. The lowest BCUT2D eigenvalue weighted by atomic mass is 9.94. The van der Waals surface area contributed by atoms with E-state index in [2.05, 4.69) is 0 Å². The van der Waals surface area contributed by atoms with E-state index >= 15 is 0 Å². The predicted octanol–water partition coefficient (Wildman–Crippen LogP) is 11.1. The van der Waals surface area contributed by atoms with Crippen LogP contribution in [0.1, 0.15) is 103 Å². The van der Waals surface area contributed by atoms with Crippen LogP contribution in [-0.2, 0) is 130 Å². The van der Waals surface area contributed by atoms with Crippen LogP contribution in [0.15, 0.2) is 182 Å². The smallest absolute Gasteiger partial charge is 0.311 e. The van der Waals surface area contributed by atoms with E-state index in [1.807, 2.05) is 182 Å². The summed E-state index contributed by atoms with van der Waals surface area (Å²) in [6, 6.07) is 56.6. The molecule has 3 heterocycles. The zero-order valence-corrected chi connectivity index (χ0v) is 57.0. The number of carbonyl (C=O) groups is 4. The maximum atomic E-state index is 14.6. The Kier molecular flexibility index (Phi) is 26.7. The lowest BCUT2D eigenvalue weighted by molar-refractivity contribution is -0.354. The van der Waals surface area contributed by atoms with Crippen LogP contribution in [0.4, 0.5) is 0 Å². The second-order valence-electron chi connectivity index (χ2n) is 27.5. The molecule has 0 saturated carbocycles. The van der Waals surface area contributed by atoms with Crippen molar-refractivity contribution in [3.05, 3.63) is 215 Å². The van der Waals surface area contributed by atoms with Gasteiger partial charge in [-0.3, -0.25) is 19.2 Å². The van der Waals surface area contributed by atoms with Gasteiger partial charge in [-0.05, 0) is 95.7 Å². The number of rotatable bonds is 29. The van der Waals surface area contributed by atoms with Gasteiger partial charge in [0.25, 0.3) is 0 Å². The van der Waals surface area contributed by atoms with Gasteiger partial charge in [0.05, 0.1) is 69.1 Å². The zero-order chi connectivity index (χ0) is 69.1. The highest BCUT2D eigenvalue weighted by atomic mass is 16.8. The molecule has 20 nitrogen and oxygen atoms in total. The third kappa shape index (κ3) is 21.6. The molecule has 20 heteroatoms. The number of esters is 4. The first-order valence-electron chi connectivity index (χ1n) is 33.1. The van der Waals surface area contributed by atoms with Crippen LogP contribution >= 0.6 is 0 Å². The van der Waals surface area contributed by atoms with Crippen molar-refractivity contribution in [2.75, 3.05) is 19.8 Å². The van der Waals surface area contributed by atoms with Crippen molar-refractivity contribution in [3.8, 4) is 0 Å². The molecule has 0 aliphatic carbocycles. The summed E-state index contributed by atoms with van der Waals surface area (Å²) in [4.78, 5) is 55.6. The Bertz CT molecular complexity index is 3340. The summed E-state index contributed by atoms with van der Waals surface area (Å²) in [5, 5.41) is 12.1. The van der Waals surface area contributed by atoms with E-state index in [-0.39, 0.29) is 46.2 Å². The van der Waals surface area contributed by atoms with Crippen molar-refractivity contribution >= 4 is 23.9 Å². The normalized spacial score (nSPS) is 26.1. The van der Waals surface area contributed by atoms with E-state index in [0.717, 1.165) is 33.4 Å². The van der Waals surface area contributed by atoms with Crippen LogP contribution < -0.4 is 0 Å². The van der Waals surface area contributed by atoms with E-state index in [4.69, 9.17) is 71.1 Å². The molecule has 3 aliphatic heterocycles. The highest BCUT2D eigenvalue weighted by Gasteiger charge is 2.56. The fourth-order valence-electron chi connectivity index (χ4n) is 11.0. The first kappa shape index (κ1) is 74.0. The van der Waals surface area contributed by atoms with Crippen LogP contribution in [0.2, 0.25) is 0 Å². The molecule has 97 heavy (non-hydrogen) atoms. The van der Waals surface area contributed by atoms with Crippen LogP contribution in [0.25, 0.3) is 0 Å². The Morgan fingerprint density at radius 1 is 0.320 bits per heavy atom. The quantitative estimate of drug-likeness (QED) is 0.0340. The van der Waals surface area contributed by atoms with Crippen LogP contribution in [0.5, 0.6) is 0 Å². The largest absolute Gasteiger partial charge is 0.463 e. The molecule has 0 spiro atoms. The van der Waals surface area contributed by atoms with E-state index < -0.39 is 145 Å². The second-order valence-corrected chi connectivity index (χ2v) is 27.5. The molecule has 1 N–H and O–H groups in total. The summed E-state index contributed by atoms with van der Waals surface area (Å²) >= 11 is 0. The third-order valence-corrected chi connectivity index (χ3v) is 16.4. The van der Waals surface area contributed by atoms with Gasteiger partial charge >= 0.3 is 23.9 Å². The zero-order valence-electron chi connectivity index (χ0n) is 57.0. The van der Waals surface area contributed by atoms with Gasteiger partial charge in [0.1, 0.15) is 61.5 Å². The predicted molar refractivity (Wildman–Crippen MR) is 355 cm³/mol. The van der Waals surface area contributed by atoms with Crippen molar-refractivity contribution < 1.29 is 95.3 Å². The first-order valence-corrected chi connectivity index (χ1v) is 33.1. The molecule has 3 saturated heterocycles. The minimum Gasteiger partial charge on any atom is -0.463 e. The molecule has 15 atom stereocenters. The maximum absolute atomic E-state index is 14.6. The summed E-state index contributed by atoms with van der Waals surface area (Å²) < 4.78 is 101. The fourth-order valence-corrected chi connectivity index (χ4v) is 11.0. The topological polar surface area (TPSA) is 227 Å². The van der Waals surface area contributed by atoms with Crippen molar-refractivity contribution in [1.82, 2.24) is 0 Å². The molecule has 6 aromatic rings. The van der Waals surface area contributed by atoms with Crippen molar-refractivity contribution in [2.45, 2.75) is 201 Å². The van der Waals surface area contributed by atoms with E-state index in [1.165, 1.54) is 6.92 Å². The number of hydrogen-bond acceptors (Lipinski definition) is 20. The standard InChI is InChI=1S/C77H94O20/c1-50(78)83-47-58-61(85-42-52-31-19-12-20-32-52)64(88-45-55-37-25-15-26-38-55)67(96-73(81)76(5,6)7)71(93-58)91-49-59-62(86-43-53-33-21-13-22-34-53)65(89-46-56-39-27-16-28-40-56)68(97-74(82)77(8,9)10)70(94-59)90-48-57-60(84-41-51-29-17-11-18-30-51)63(87-44-54-35-23-14-24-36-54)66(69(79)92-57)95-72(80)75(2,3)4/h11-40,57-71,79H,41-49H2,1-10H3/t57-,58-,59-,60-,61-,62-,63+,64+,65+,66-,67-,68-,69-,70-,71-/m1/s1. The highest BCUT2D eigenvalue weighted by molar-refractivity contribution is 5.76. The molecule has 0 radical (unpaired) electrons. The van der Waals surface area contributed by atoms with Crippen LogP contribution in [0.3, 0.4) is 0 Å². The maximum Gasteiger partial charge on any atom is 0.311 e. The molecule has 6 aromatic carbocycles. The first-order chi connectivity index (χ1) is 46.5. The van der Waals surface area contributed by atoms with Gasteiger partial charge in [-0.15, -0.1) is 0 Å². The minimum atomic E-state index is -1.78. The Morgan fingerprint density at radius 3 is 0.825 bits per heavy atom. The SMILES string of the molecule is CC(=O)OC[C@H]1O[C@@H](OC[C@H]2O[C@@H](OC[C@H]3O[C@@H](O)[C@H](OC(=O)C(C)(C)C)[C@@H](OCc4ccccc4)[C@@H]3OCc3ccccc3)[C@H](OC(=O)C(C)(C)C)[C@@H](OCc3ccccc3)[C@@H]2OCc2ccccc2)[C@H](OC(=O)C(C)(C)C)[C@@H](OCc2ccccc2)[C@@H]1OCc1ccccc1. The Morgan fingerprint density at radius 2 is 0.557 bits per heavy atom. The molecule has 0 amide bonds. The minimum absolute atomic E-state index is 0.00757. The van der Waals surface area contributed by atoms with Gasteiger partial charge in [-0.2, -0.15) is 0 Å². The van der Waals surface area contributed by atoms with Gasteiger partial charge in [-0.25, -0.2) is 0 Å². The van der Waals surface area contributed by atoms with Crippen LogP contribution in [-0.4, -0.2) is 141 Å². The average molecular weight is 1340 g/mol. The highest BCUT2D eigenvalue weighted by Crippen LogP contribution is 2.38. The second kappa shape index (κ2) is 35.0. The lowest BCUT2D eigenvalue weighted by Crippen LogP contribution is -2.65. The van der Waals surface area contributed by atoms with Gasteiger partial charge < -0.3 is 76.2 Å². The van der Waals surface area contributed by atoms with Gasteiger partial charge in [-0.1, -0.05) is 182 Å². The molecule has 0 unspecified atom stereocenters. The number of aliphatic hydroxyl groups excluding tert-OH is 1. The van der Waals surface area contributed by atoms with E-state index in [1.54, 1.807) is 62.3 Å². The molecule has 0 bridgehead atoms. The molecular weight excluding hydrogens is 1240 g/mol. The monoisotopic (exact) mass is 1340 g/mol. The summed E-state index contributed by atoms with van der Waals surface area (Å²) in [5.41, 5.74) is 1.66. The van der Waals surface area contributed by atoms with Gasteiger partial charge in [0.2, 0.25) is 0 Å². The molecule has 3 fully saturated rings. The molecule has 9 rings (SSSR count). The van der Waals surface area contributed by atoms with Crippen molar-refractivity contribution in [3.63, 3.8) is 0 Å². The van der Waals surface area contributed by atoms with E-state index in [9.17, 15) is 24.3 Å². The summed E-state index contributed by atoms with van der Waals surface area (Å²) in [7, 11) is 0. The van der Waals surface area contributed by atoms with E-state index in [0.29, 0.717) is 0 Å². The number of hydrogen-bond donors (Lipinski definition) is 1. The van der Waals surface area contributed by atoms with Crippen molar-refractivity contribution in [1.29, 1.82) is 0 Å². The molecular formula is C77H94O20. The van der Waals surface area contributed by atoms with Gasteiger partial charge in [0.15, 0.2) is 37.2 Å². The molecule has 3 aliphatic rings. The number of carbonyl (C=O) groups excluding carboxylic acids is 4. The number of ether oxygens (including phenoxy) is 15. The average Bonchev–Trinajstić information content (AvgIpc) is 0.796. The molecule has 522 valence electrons. The summed E-state index contributed by atoms with van der Waals surface area (Å²) in [5.74, 6) is -2.45. The Balaban J connectivity index is 1.13. The third-order valence-electron chi connectivity index (χ3n) is 16.4. The lowest BCUT2D eigenvalue weighted by Gasteiger charge is -2.48. The summed E-state index contributed by atoms with van der Waals surface area (Å²) in [6.07, 6.45) is -19.3. The summed E-state index contributed by atoms with van der Waals surface area (Å²) in [6.45, 7) is 15.7. The number of benzene rings is 6.